The van der Waals surface area contributed by atoms with Gasteiger partial charge in [0.25, 0.3) is 5.91 Å². The van der Waals surface area contributed by atoms with Crippen molar-refractivity contribution in [2.45, 2.75) is 20.4 Å². The molecule has 1 N–H and O–H groups in total. The van der Waals surface area contributed by atoms with Crippen LogP contribution >= 0.6 is 11.8 Å². The van der Waals surface area contributed by atoms with E-state index in [-0.39, 0.29) is 11.4 Å². The number of para-hydroxylation sites is 2. The standard InChI is InChI=1S/C29H24N6O2S/c1-18-7-5-8-19(2)25(18)37-14-13-34-17-21(22-10-3-4-11-24(22)34)15-23-26(30)35-29(32-27(23)36)38-28(33-35)20-9-6-12-31-16-20/h3-12,15-17,30H,13-14H2,1-2H3/b23-15-,30-26?. The number of benzene rings is 2. The zero-order valence-electron chi connectivity index (χ0n) is 20.9. The third-order valence-electron chi connectivity index (χ3n) is 6.47. The second-order valence-electron chi connectivity index (χ2n) is 9.03. The van der Waals surface area contributed by atoms with Crippen LogP contribution in [0.15, 0.2) is 88.9 Å². The van der Waals surface area contributed by atoms with Gasteiger partial charge in [-0.3, -0.25) is 15.2 Å². The number of rotatable bonds is 6. The molecular weight excluding hydrogens is 496 g/mol. The van der Waals surface area contributed by atoms with Gasteiger partial charge >= 0.3 is 0 Å². The molecule has 0 saturated heterocycles. The van der Waals surface area contributed by atoms with Gasteiger partial charge in [0.15, 0.2) is 5.84 Å². The number of aryl methyl sites for hydroxylation is 2. The molecule has 2 aromatic heterocycles. The second kappa shape index (κ2) is 9.75. The fourth-order valence-corrected chi connectivity index (χ4v) is 5.48. The molecule has 0 radical (unpaired) electrons. The molecule has 8 nitrogen and oxygen atoms in total. The van der Waals surface area contributed by atoms with Crippen LogP contribution < -0.4 is 4.74 Å². The number of aromatic nitrogens is 2. The molecule has 2 aliphatic rings. The van der Waals surface area contributed by atoms with Gasteiger partial charge in [0.05, 0.1) is 12.1 Å². The van der Waals surface area contributed by atoms with Gasteiger partial charge < -0.3 is 9.30 Å². The lowest BCUT2D eigenvalue weighted by atomic mass is 10.1. The molecule has 0 bridgehead atoms. The number of nitrogens with one attached hydrogen (secondary N) is 1. The third-order valence-corrected chi connectivity index (χ3v) is 7.43. The van der Waals surface area contributed by atoms with Crippen LogP contribution in [-0.4, -0.2) is 43.1 Å². The van der Waals surface area contributed by atoms with Crippen molar-refractivity contribution in [2.75, 3.05) is 6.61 Å². The van der Waals surface area contributed by atoms with E-state index in [4.69, 9.17) is 10.1 Å². The van der Waals surface area contributed by atoms with Gasteiger partial charge in [-0.25, -0.2) is 0 Å². The Labute approximate surface area is 223 Å². The lowest BCUT2D eigenvalue weighted by molar-refractivity contribution is -0.114. The van der Waals surface area contributed by atoms with E-state index in [1.807, 2.05) is 74.6 Å². The first-order valence-electron chi connectivity index (χ1n) is 12.2. The average molecular weight is 521 g/mol. The van der Waals surface area contributed by atoms with E-state index in [1.165, 1.54) is 16.8 Å². The van der Waals surface area contributed by atoms with Gasteiger partial charge in [0, 0.05) is 40.6 Å². The number of pyridine rings is 1. The number of amidine groups is 2. The van der Waals surface area contributed by atoms with Gasteiger partial charge in [-0.15, -0.1) is 0 Å². The number of thioether (sulfide) groups is 1. The summed E-state index contributed by atoms with van der Waals surface area (Å²) in [5.41, 5.74) is 5.08. The molecule has 4 heterocycles. The molecule has 38 heavy (non-hydrogen) atoms. The maximum Gasteiger partial charge on any atom is 0.283 e. The van der Waals surface area contributed by atoms with Crippen LogP contribution in [0, 0.1) is 19.3 Å². The summed E-state index contributed by atoms with van der Waals surface area (Å²) in [5.74, 6) is 0.462. The van der Waals surface area contributed by atoms with Crippen LogP contribution in [0.1, 0.15) is 22.3 Å². The Morgan fingerprint density at radius 1 is 1.05 bits per heavy atom. The Balaban J connectivity index is 1.29. The fraction of sp³-hybridized carbons (Fsp3) is 0.138. The van der Waals surface area contributed by atoms with E-state index in [1.54, 1.807) is 18.5 Å². The number of carbonyl (C=O) groups is 1. The molecule has 2 aromatic carbocycles. The highest BCUT2D eigenvalue weighted by atomic mass is 32.2. The summed E-state index contributed by atoms with van der Waals surface area (Å²) in [6, 6.07) is 17.8. The zero-order valence-corrected chi connectivity index (χ0v) is 21.7. The third kappa shape index (κ3) is 4.31. The molecule has 1 amide bonds. The van der Waals surface area contributed by atoms with E-state index < -0.39 is 5.91 Å². The number of fused-ring (bicyclic) bond motifs is 2. The fourth-order valence-electron chi connectivity index (χ4n) is 4.60. The van der Waals surface area contributed by atoms with Crippen LogP contribution in [-0.2, 0) is 11.3 Å². The Bertz CT molecular complexity index is 1670. The van der Waals surface area contributed by atoms with Crippen molar-refractivity contribution in [1.29, 1.82) is 5.41 Å². The van der Waals surface area contributed by atoms with Crippen molar-refractivity contribution < 1.29 is 9.53 Å². The number of ether oxygens (including phenoxy) is 1. The van der Waals surface area contributed by atoms with Crippen molar-refractivity contribution in [1.82, 2.24) is 14.6 Å². The van der Waals surface area contributed by atoms with Crippen molar-refractivity contribution >= 4 is 50.7 Å². The number of aliphatic imine (C=N–C) groups is 1. The molecule has 2 aliphatic heterocycles. The normalized spacial score (nSPS) is 16.2. The average Bonchev–Trinajstić information content (AvgIpc) is 3.51. The summed E-state index contributed by atoms with van der Waals surface area (Å²) in [6.45, 7) is 5.22. The maximum absolute atomic E-state index is 13.0. The first kappa shape index (κ1) is 23.9. The van der Waals surface area contributed by atoms with Crippen molar-refractivity contribution in [3.8, 4) is 5.75 Å². The van der Waals surface area contributed by atoms with E-state index in [0.717, 1.165) is 38.9 Å². The second-order valence-corrected chi connectivity index (χ2v) is 9.99. The summed E-state index contributed by atoms with van der Waals surface area (Å²) in [6.07, 6.45) is 7.12. The highest BCUT2D eigenvalue weighted by molar-refractivity contribution is 8.27. The van der Waals surface area contributed by atoms with E-state index in [9.17, 15) is 4.79 Å². The molecule has 0 atom stereocenters. The molecule has 0 spiro atoms. The molecule has 0 fully saturated rings. The van der Waals surface area contributed by atoms with Gasteiger partial charge in [0.2, 0.25) is 5.17 Å². The SMILES string of the molecule is Cc1cccc(C)c1OCCn1cc(/C=C2/C(=N)N3N=C(c4cccnc4)SC3=NC2=O)c2ccccc21. The van der Waals surface area contributed by atoms with Gasteiger partial charge in [-0.1, -0.05) is 36.4 Å². The summed E-state index contributed by atoms with van der Waals surface area (Å²) in [4.78, 5) is 21.4. The van der Waals surface area contributed by atoms with Gasteiger partial charge in [-0.2, -0.15) is 15.1 Å². The summed E-state index contributed by atoms with van der Waals surface area (Å²) in [5, 5.41) is 16.7. The molecule has 6 rings (SSSR count). The van der Waals surface area contributed by atoms with Crippen molar-refractivity contribution in [3.05, 3.63) is 101 Å². The van der Waals surface area contributed by atoms with E-state index in [2.05, 4.69) is 19.6 Å². The van der Waals surface area contributed by atoms with Crippen LogP contribution in [0.4, 0.5) is 0 Å². The Hall–Kier alpha value is -4.50. The lowest BCUT2D eigenvalue weighted by Gasteiger charge is -2.20. The first-order valence-corrected chi connectivity index (χ1v) is 13.0. The summed E-state index contributed by atoms with van der Waals surface area (Å²) < 4.78 is 8.25. The predicted octanol–water partition coefficient (Wildman–Crippen LogP) is 5.40. The Morgan fingerprint density at radius 3 is 2.66 bits per heavy atom. The molecule has 4 aromatic rings. The number of nitrogens with zero attached hydrogens (tertiary/aromatic N) is 5. The number of carbonyl (C=O) groups excluding carboxylic acids is 1. The van der Waals surface area contributed by atoms with Crippen LogP contribution in [0.2, 0.25) is 0 Å². The number of hydrogen-bond acceptors (Lipinski definition) is 6. The Morgan fingerprint density at radius 2 is 1.87 bits per heavy atom. The quantitative estimate of drug-likeness (QED) is 0.344. The molecule has 0 unspecified atom stereocenters. The van der Waals surface area contributed by atoms with Crippen molar-refractivity contribution in [2.24, 2.45) is 10.1 Å². The minimum Gasteiger partial charge on any atom is -0.491 e. The highest BCUT2D eigenvalue weighted by Gasteiger charge is 2.36. The van der Waals surface area contributed by atoms with Gasteiger partial charge in [-0.05, 0) is 61.0 Å². The molecule has 188 valence electrons. The highest BCUT2D eigenvalue weighted by Crippen LogP contribution is 2.32. The van der Waals surface area contributed by atoms with Crippen LogP contribution in [0.3, 0.4) is 0 Å². The Kier molecular flexibility index (Phi) is 6.13. The van der Waals surface area contributed by atoms with E-state index in [0.29, 0.717) is 23.4 Å². The first-order chi connectivity index (χ1) is 18.5. The summed E-state index contributed by atoms with van der Waals surface area (Å²) >= 11 is 1.26. The smallest absolute Gasteiger partial charge is 0.283 e. The number of hydrogen-bond donors (Lipinski definition) is 1. The molecular formula is C29H24N6O2S. The predicted molar refractivity (Wildman–Crippen MR) is 152 cm³/mol. The monoisotopic (exact) mass is 520 g/mol. The molecule has 0 saturated carbocycles. The zero-order chi connectivity index (χ0) is 26.2. The summed E-state index contributed by atoms with van der Waals surface area (Å²) in [7, 11) is 0. The molecule has 9 heteroatoms. The molecule has 0 aliphatic carbocycles. The van der Waals surface area contributed by atoms with Crippen LogP contribution in [0.5, 0.6) is 5.75 Å². The largest absolute Gasteiger partial charge is 0.491 e. The van der Waals surface area contributed by atoms with Crippen molar-refractivity contribution in [3.63, 3.8) is 0 Å². The number of amides is 1. The maximum atomic E-state index is 13.0. The van der Waals surface area contributed by atoms with Crippen LogP contribution in [0.25, 0.3) is 17.0 Å². The number of hydrazone groups is 1. The minimum absolute atomic E-state index is 0.00147. The van der Waals surface area contributed by atoms with Gasteiger partial charge in [0.1, 0.15) is 17.4 Å². The topological polar surface area (TPSA) is 95.9 Å². The minimum atomic E-state index is -0.452. The lowest BCUT2D eigenvalue weighted by Crippen LogP contribution is -2.35. The van der Waals surface area contributed by atoms with E-state index >= 15 is 0 Å².